The van der Waals surface area contributed by atoms with E-state index in [0.29, 0.717) is 0 Å². The minimum Gasteiger partial charge on any atom is -0.435 e. The maximum absolute atomic E-state index is 13.7. The van der Waals surface area contributed by atoms with E-state index < -0.39 is 30.5 Å². The summed E-state index contributed by atoms with van der Waals surface area (Å²) in [5, 5.41) is 0. The SMILES string of the molecule is CN1C(=O)C(c2ccc(OC(F)F)cc2)(c2ccc(F)c(CF)c2)N=C1N. The molecule has 0 saturated heterocycles. The Hall–Kier alpha value is -3.10. The van der Waals surface area contributed by atoms with Crippen molar-refractivity contribution in [3.05, 3.63) is 65.0 Å². The van der Waals surface area contributed by atoms with Crippen LogP contribution in [0.1, 0.15) is 16.7 Å². The number of ether oxygens (including phenoxy) is 1. The van der Waals surface area contributed by atoms with Gasteiger partial charge in [0, 0.05) is 12.6 Å². The number of rotatable bonds is 5. The topological polar surface area (TPSA) is 67.9 Å². The second-order valence-corrected chi connectivity index (χ2v) is 5.89. The maximum atomic E-state index is 13.7. The summed E-state index contributed by atoms with van der Waals surface area (Å²) in [4.78, 5) is 18.3. The highest BCUT2D eigenvalue weighted by atomic mass is 19.3. The Kier molecular flexibility index (Phi) is 4.77. The van der Waals surface area contributed by atoms with E-state index in [2.05, 4.69) is 9.73 Å². The molecule has 9 heteroatoms. The third kappa shape index (κ3) is 3.09. The van der Waals surface area contributed by atoms with Crippen LogP contribution in [0.3, 0.4) is 0 Å². The molecular weight excluding hydrogens is 366 g/mol. The molecule has 2 aromatic carbocycles. The molecule has 142 valence electrons. The highest BCUT2D eigenvalue weighted by Crippen LogP contribution is 2.40. The minimum atomic E-state index is -3.00. The van der Waals surface area contributed by atoms with Gasteiger partial charge in [-0.25, -0.2) is 13.8 Å². The highest BCUT2D eigenvalue weighted by molar-refractivity contribution is 6.08. The van der Waals surface area contributed by atoms with Crippen molar-refractivity contribution in [2.75, 3.05) is 7.05 Å². The van der Waals surface area contributed by atoms with Crippen molar-refractivity contribution in [3.8, 4) is 5.75 Å². The first-order chi connectivity index (χ1) is 12.8. The first kappa shape index (κ1) is 18.7. The van der Waals surface area contributed by atoms with Crippen molar-refractivity contribution in [1.82, 2.24) is 4.90 Å². The van der Waals surface area contributed by atoms with E-state index in [1.165, 1.54) is 43.4 Å². The molecule has 0 aromatic heterocycles. The number of guanidine groups is 1. The van der Waals surface area contributed by atoms with Crippen LogP contribution in [0.5, 0.6) is 5.75 Å². The molecular formula is C18H15F4N3O2. The second kappa shape index (κ2) is 6.90. The number of nitrogens with two attached hydrogens (primary N) is 1. The van der Waals surface area contributed by atoms with E-state index in [4.69, 9.17) is 5.73 Å². The number of aliphatic imine (C=N–C) groups is 1. The summed E-state index contributed by atoms with van der Waals surface area (Å²) in [6.07, 6.45) is 0. The minimum absolute atomic E-state index is 0.0842. The maximum Gasteiger partial charge on any atom is 0.387 e. The van der Waals surface area contributed by atoms with E-state index in [1.54, 1.807) is 0 Å². The third-order valence-corrected chi connectivity index (χ3v) is 4.34. The first-order valence-corrected chi connectivity index (χ1v) is 7.83. The Labute approximate surface area is 152 Å². The number of halogens is 4. The van der Waals surface area contributed by atoms with Gasteiger partial charge in [0.05, 0.1) is 0 Å². The molecule has 1 heterocycles. The second-order valence-electron chi connectivity index (χ2n) is 5.89. The van der Waals surface area contributed by atoms with E-state index in [9.17, 15) is 22.4 Å². The predicted molar refractivity (Wildman–Crippen MR) is 89.5 cm³/mol. The Morgan fingerprint density at radius 3 is 2.33 bits per heavy atom. The average Bonchev–Trinajstić information content (AvgIpc) is 2.87. The first-order valence-electron chi connectivity index (χ1n) is 7.83. The summed E-state index contributed by atoms with van der Waals surface area (Å²) in [5.74, 6) is -1.49. The molecule has 1 aliphatic heterocycles. The fraction of sp³-hybridized carbons (Fsp3) is 0.222. The molecule has 27 heavy (non-hydrogen) atoms. The smallest absolute Gasteiger partial charge is 0.387 e. The summed E-state index contributed by atoms with van der Waals surface area (Å²) in [6, 6.07) is 8.81. The van der Waals surface area contributed by atoms with Crippen molar-refractivity contribution in [2.24, 2.45) is 10.7 Å². The molecule has 3 rings (SSSR count). The lowest BCUT2D eigenvalue weighted by molar-refractivity contribution is -0.129. The van der Waals surface area contributed by atoms with Gasteiger partial charge < -0.3 is 10.5 Å². The zero-order valence-electron chi connectivity index (χ0n) is 14.1. The van der Waals surface area contributed by atoms with E-state index in [0.717, 1.165) is 11.0 Å². The van der Waals surface area contributed by atoms with Crippen molar-refractivity contribution < 1.29 is 27.1 Å². The Balaban J connectivity index is 2.17. The van der Waals surface area contributed by atoms with Gasteiger partial charge in [-0.2, -0.15) is 8.78 Å². The van der Waals surface area contributed by atoms with Crippen LogP contribution < -0.4 is 10.5 Å². The van der Waals surface area contributed by atoms with E-state index in [1.807, 2.05) is 0 Å². The van der Waals surface area contributed by atoms with Gasteiger partial charge in [0.1, 0.15) is 18.2 Å². The third-order valence-electron chi connectivity index (χ3n) is 4.34. The van der Waals surface area contributed by atoms with Crippen LogP contribution in [0, 0.1) is 5.82 Å². The molecule has 1 aliphatic rings. The summed E-state index contributed by atoms with van der Waals surface area (Å²) >= 11 is 0. The van der Waals surface area contributed by atoms with Crippen LogP contribution in [0.25, 0.3) is 0 Å². The van der Waals surface area contributed by atoms with Crippen LogP contribution in [0.15, 0.2) is 47.5 Å². The molecule has 0 saturated carbocycles. The van der Waals surface area contributed by atoms with Crippen LogP contribution in [0.2, 0.25) is 0 Å². The largest absolute Gasteiger partial charge is 0.435 e. The molecule has 1 atom stereocenters. The molecule has 1 amide bonds. The number of carbonyl (C=O) groups excluding carboxylic acids is 1. The predicted octanol–water partition coefficient (Wildman–Crippen LogP) is 2.93. The normalized spacial score (nSPS) is 19.6. The van der Waals surface area contributed by atoms with Gasteiger partial charge in [0.2, 0.25) is 0 Å². The number of benzene rings is 2. The monoisotopic (exact) mass is 381 g/mol. The molecule has 0 aliphatic carbocycles. The van der Waals surface area contributed by atoms with Crippen molar-refractivity contribution in [2.45, 2.75) is 18.8 Å². The van der Waals surface area contributed by atoms with Gasteiger partial charge in [0.15, 0.2) is 11.5 Å². The van der Waals surface area contributed by atoms with Gasteiger partial charge in [-0.1, -0.05) is 18.2 Å². The number of carbonyl (C=O) groups is 1. The molecule has 1 unspecified atom stereocenters. The summed E-state index contributed by atoms with van der Waals surface area (Å²) in [5.41, 5.74) is 4.38. The molecule has 0 radical (unpaired) electrons. The van der Waals surface area contributed by atoms with Gasteiger partial charge >= 0.3 is 6.61 Å². The Morgan fingerprint density at radius 2 is 1.81 bits per heavy atom. The Bertz CT molecular complexity index is 902. The number of nitrogens with zero attached hydrogens (tertiary/aromatic N) is 2. The summed E-state index contributed by atoms with van der Waals surface area (Å²) < 4.78 is 55.9. The lowest BCUT2D eigenvalue weighted by Crippen LogP contribution is -2.41. The molecule has 0 spiro atoms. The van der Waals surface area contributed by atoms with E-state index in [-0.39, 0.29) is 28.4 Å². The van der Waals surface area contributed by atoms with Crippen molar-refractivity contribution >= 4 is 11.9 Å². The van der Waals surface area contributed by atoms with Crippen LogP contribution in [-0.4, -0.2) is 30.4 Å². The molecule has 2 N–H and O–H groups in total. The van der Waals surface area contributed by atoms with Crippen molar-refractivity contribution in [3.63, 3.8) is 0 Å². The zero-order chi connectivity index (χ0) is 19.8. The lowest BCUT2D eigenvalue weighted by Gasteiger charge is -2.26. The number of hydrogen-bond acceptors (Lipinski definition) is 4. The number of likely N-dealkylation sites (N-methyl/N-ethyl adjacent to an activating group) is 1. The number of alkyl halides is 3. The standard InChI is InChI=1S/C18H15F4N3O2/c1-25-15(26)18(24-17(25)23,12-4-7-14(20)10(8-12)9-19)11-2-5-13(6-3-11)27-16(21)22/h2-8,16H,9H2,1H3,(H2,23,24). The lowest BCUT2D eigenvalue weighted by atomic mass is 9.82. The van der Waals surface area contributed by atoms with Gasteiger partial charge in [-0.15, -0.1) is 0 Å². The average molecular weight is 381 g/mol. The van der Waals surface area contributed by atoms with Gasteiger partial charge in [-0.3, -0.25) is 9.69 Å². The molecule has 0 bridgehead atoms. The number of hydrogen-bond donors (Lipinski definition) is 1. The molecule has 0 fully saturated rings. The van der Waals surface area contributed by atoms with Crippen molar-refractivity contribution in [1.29, 1.82) is 0 Å². The quantitative estimate of drug-likeness (QED) is 0.810. The summed E-state index contributed by atoms with van der Waals surface area (Å²) in [7, 11) is 1.41. The van der Waals surface area contributed by atoms with Crippen LogP contribution >= 0.6 is 0 Å². The fourth-order valence-corrected chi connectivity index (χ4v) is 2.96. The Morgan fingerprint density at radius 1 is 1.19 bits per heavy atom. The highest BCUT2D eigenvalue weighted by Gasteiger charge is 2.49. The summed E-state index contributed by atoms with van der Waals surface area (Å²) in [6.45, 7) is -4.07. The molecule has 2 aromatic rings. The number of amides is 1. The zero-order valence-corrected chi connectivity index (χ0v) is 14.1. The van der Waals surface area contributed by atoms with E-state index >= 15 is 0 Å². The van der Waals surface area contributed by atoms with Crippen LogP contribution in [-0.2, 0) is 17.0 Å². The van der Waals surface area contributed by atoms with Gasteiger partial charge in [0.25, 0.3) is 5.91 Å². The molecule has 5 nitrogen and oxygen atoms in total. The van der Waals surface area contributed by atoms with Crippen LogP contribution in [0.4, 0.5) is 17.6 Å². The van der Waals surface area contributed by atoms with Gasteiger partial charge in [-0.05, 0) is 35.4 Å². The fourth-order valence-electron chi connectivity index (χ4n) is 2.96.